The number of carbonyl (C=O) groups is 1. The molecule has 0 N–H and O–H groups in total. The Labute approximate surface area is 222 Å². The van der Waals surface area contributed by atoms with Crippen LogP contribution in [0.2, 0.25) is 5.02 Å². The van der Waals surface area contributed by atoms with E-state index in [9.17, 15) is 4.79 Å². The molecule has 5 rings (SSSR count). The lowest BCUT2D eigenvalue weighted by Gasteiger charge is -2.15. The maximum Gasteiger partial charge on any atom is 0.363 e. The highest BCUT2D eigenvalue weighted by atomic mass is 79.9. The third-order valence-electron chi connectivity index (χ3n) is 5.61. The molecule has 0 aromatic heterocycles. The van der Waals surface area contributed by atoms with Crippen LogP contribution in [-0.4, -0.2) is 18.5 Å². The quantitative estimate of drug-likeness (QED) is 0.172. The first-order valence-electron chi connectivity index (χ1n) is 11.4. The molecular formula is C29H21BrClNO4. The number of halogens is 2. The van der Waals surface area contributed by atoms with Crippen LogP contribution in [0.25, 0.3) is 16.8 Å². The second-order valence-electron chi connectivity index (χ2n) is 8.01. The Kier molecular flexibility index (Phi) is 7.07. The number of fused-ring (bicyclic) bond motifs is 1. The van der Waals surface area contributed by atoms with E-state index in [1.165, 1.54) is 0 Å². The van der Waals surface area contributed by atoms with Gasteiger partial charge in [0.25, 0.3) is 0 Å². The standard InChI is InChI=1S/C29H21BrClNO4/c1-2-34-26-16-18(14-23(30)27(26)35-17-20-9-4-6-13-24(20)31)15-25-29(33)36-28(32-25)22-12-7-10-19-8-3-5-11-21(19)22/h3-16H,2,17H2,1H3/b25-15+. The maximum atomic E-state index is 12.7. The molecule has 4 aromatic rings. The van der Waals surface area contributed by atoms with Crippen LogP contribution in [0, 0.1) is 0 Å². The number of rotatable bonds is 7. The SMILES string of the molecule is CCOc1cc(/C=C2/N=C(c3cccc4ccccc34)OC2=O)cc(Br)c1OCc1ccccc1Cl. The Balaban J connectivity index is 1.46. The highest BCUT2D eigenvalue weighted by Crippen LogP contribution is 2.39. The summed E-state index contributed by atoms with van der Waals surface area (Å²) in [4.78, 5) is 17.2. The molecule has 7 heteroatoms. The van der Waals surface area contributed by atoms with Crippen molar-refractivity contribution < 1.29 is 19.0 Å². The summed E-state index contributed by atoms with van der Waals surface area (Å²) in [6, 6.07) is 24.9. The van der Waals surface area contributed by atoms with Crippen LogP contribution < -0.4 is 9.47 Å². The molecule has 5 nitrogen and oxygen atoms in total. The molecule has 1 aliphatic heterocycles. The van der Waals surface area contributed by atoms with Gasteiger partial charge in [-0.2, -0.15) is 0 Å². The Bertz CT molecular complexity index is 1520. The Morgan fingerprint density at radius 3 is 2.61 bits per heavy atom. The predicted octanol–water partition coefficient (Wildman–Crippen LogP) is 7.58. The van der Waals surface area contributed by atoms with Gasteiger partial charge in [0.15, 0.2) is 17.2 Å². The van der Waals surface area contributed by atoms with E-state index in [4.69, 9.17) is 25.8 Å². The first-order valence-corrected chi connectivity index (χ1v) is 12.5. The average molecular weight is 563 g/mol. The number of cyclic esters (lactones) is 1. The fourth-order valence-corrected chi connectivity index (χ4v) is 4.70. The minimum Gasteiger partial charge on any atom is -0.490 e. The van der Waals surface area contributed by atoms with Crippen LogP contribution in [0.3, 0.4) is 0 Å². The fraction of sp³-hybridized carbons (Fsp3) is 0.103. The van der Waals surface area contributed by atoms with Crippen molar-refractivity contribution in [2.75, 3.05) is 6.61 Å². The van der Waals surface area contributed by atoms with Gasteiger partial charge < -0.3 is 14.2 Å². The molecule has 36 heavy (non-hydrogen) atoms. The molecular weight excluding hydrogens is 542 g/mol. The third kappa shape index (κ3) is 5.01. The number of ether oxygens (including phenoxy) is 3. The van der Waals surface area contributed by atoms with E-state index in [-0.39, 0.29) is 18.2 Å². The summed E-state index contributed by atoms with van der Waals surface area (Å²) in [6.07, 6.45) is 1.67. The van der Waals surface area contributed by atoms with Gasteiger partial charge in [-0.25, -0.2) is 9.79 Å². The zero-order valence-electron chi connectivity index (χ0n) is 19.3. The van der Waals surface area contributed by atoms with E-state index < -0.39 is 5.97 Å². The lowest BCUT2D eigenvalue weighted by atomic mass is 10.0. The van der Waals surface area contributed by atoms with Crippen LogP contribution >= 0.6 is 27.5 Å². The largest absolute Gasteiger partial charge is 0.490 e. The molecule has 0 unspecified atom stereocenters. The Morgan fingerprint density at radius 1 is 1.00 bits per heavy atom. The summed E-state index contributed by atoms with van der Waals surface area (Å²) < 4.78 is 18.1. The van der Waals surface area contributed by atoms with Crippen molar-refractivity contribution in [1.82, 2.24) is 0 Å². The summed E-state index contributed by atoms with van der Waals surface area (Å²) in [5.74, 6) is 0.862. The lowest BCUT2D eigenvalue weighted by Crippen LogP contribution is -2.06. The van der Waals surface area contributed by atoms with E-state index in [1.54, 1.807) is 6.08 Å². The van der Waals surface area contributed by atoms with E-state index >= 15 is 0 Å². The lowest BCUT2D eigenvalue weighted by molar-refractivity contribution is -0.129. The molecule has 180 valence electrons. The number of hydrogen-bond acceptors (Lipinski definition) is 5. The smallest absolute Gasteiger partial charge is 0.363 e. The summed E-state index contributed by atoms with van der Waals surface area (Å²) in [5.41, 5.74) is 2.55. The molecule has 0 fully saturated rings. The monoisotopic (exact) mass is 561 g/mol. The normalized spacial score (nSPS) is 14.1. The van der Waals surface area contributed by atoms with Gasteiger partial charge in [0, 0.05) is 16.1 Å². The van der Waals surface area contributed by atoms with Crippen molar-refractivity contribution in [2.45, 2.75) is 13.5 Å². The number of benzene rings is 4. The minimum atomic E-state index is -0.508. The van der Waals surface area contributed by atoms with Gasteiger partial charge in [0.2, 0.25) is 5.90 Å². The summed E-state index contributed by atoms with van der Waals surface area (Å²) in [5, 5.41) is 2.64. The highest BCUT2D eigenvalue weighted by Gasteiger charge is 2.25. The Hall–Kier alpha value is -3.61. The first-order chi connectivity index (χ1) is 17.5. The van der Waals surface area contributed by atoms with Crippen LogP contribution in [0.4, 0.5) is 0 Å². The van der Waals surface area contributed by atoms with Crippen LogP contribution in [0.5, 0.6) is 11.5 Å². The number of carbonyl (C=O) groups excluding carboxylic acids is 1. The summed E-state index contributed by atoms with van der Waals surface area (Å²) in [6.45, 7) is 2.62. The van der Waals surface area contributed by atoms with Gasteiger partial charge in [0.1, 0.15) is 6.61 Å². The van der Waals surface area contributed by atoms with Crippen molar-refractivity contribution in [3.8, 4) is 11.5 Å². The second kappa shape index (κ2) is 10.6. The molecule has 0 saturated carbocycles. The maximum absolute atomic E-state index is 12.7. The molecule has 4 aromatic carbocycles. The number of esters is 1. The van der Waals surface area contributed by atoms with Crippen molar-refractivity contribution in [3.63, 3.8) is 0 Å². The Morgan fingerprint density at radius 2 is 1.78 bits per heavy atom. The van der Waals surface area contributed by atoms with Gasteiger partial charge in [-0.3, -0.25) is 0 Å². The molecule has 1 aliphatic rings. The number of nitrogens with zero attached hydrogens (tertiary/aromatic N) is 1. The summed E-state index contributed by atoms with van der Waals surface area (Å²) >= 11 is 9.85. The molecule has 0 amide bonds. The minimum absolute atomic E-state index is 0.206. The van der Waals surface area contributed by atoms with Crippen molar-refractivity contribution in [1.29, 1.82) is 0 Å². The predicted molar refractivity (Wildman–Crippen MR) is 146 cm³/mol. The molecule has 0 bridgehead atoms. The van der Waals surface area contributed by atoms with Gasteiger partial charge in [-0.1, -0.05) is 66.2 Å². The molecule has 0 atom stereocenters. The van der Waals surface area contributed by atoms with E-state index in [2.05, 4.69) is 20.9 Å². The van der Waals surface area contributed by atoms with Gasteiger partial charge in [0.05, 0.1) is 11.1 Å². The number of aliphatic imine (C=N–C) groups is 1. The first kappa shape index (κ1) is 24.1. The third-order valence-corrected chi connectivity index (χ3v) is 6.56. The van der Waals surface area contributed by atoms with Crippen molar-refractivity contribution >= 4 is 56.2 Å². The fourth-order valence-electron chi connectivity index (χ4n) is 3.93. The molecule has 0 spiro atoms. The highest BCUT2D eigenvalue weighted by molar-refractivity contribution is 9.10. The van der Waals surface area contributed by atoms with Crippen LogP contribution in [0.15, 0.2) is 94.0 Å². The molecule has 1 heterocycles. The molecule has 0 aliphatic carbocycles. The van der Waals surface area contributed by atoms with Gasteiger partial charge in [-0.05, 0) is 69.5 Å². The second-order valence-corrected chi connectivity index (χ2v) is 9.27. The van der Waals surface area contributed by atoms with E-state index in [1.807, 2.05) is 85.8 Å². The number of hydrogen-bond donors (Lipinski definition) is 0. The zero-order valence-corrected chi connectivity index (χ0v) is 21.7. The topological polar surface area (TPSA) is 57.1 Å². The van der Waals surface area contributed by atoms with E-state index in [0.29, 0.717) is 33.2 Å². The molecule has 0 saturated heterocycles. The summed E-state index contributed by atoms with van der Waals surface area (Å²) in [7, 11) is 0. The van der Waals surface area contributed by atoms with Crippen molar-refractivity contribution in [2.24, 2.45) is 4.99 Å². The molecule has 0 radical (unpaired) electrons. The zero-order chi connectivity index (χ0) is 25.1. The van der Waals surface area contributed by atoms with Gasteiger partial charge in [-0.15, -0.1) is 0 Å². The van der Waals surface area contributed by atoms with E-state index in [0.717, 1.165) is 21.9 Å². The average Bonchev–Trinajstić information content (AvgIpc) is 3.24. The van der Waals surface area contributed by atoms with Crippen LogP contribution in [0.1, 0.15) is 23.6 Å². The van der Waals surface area contributed by atoms with Crippen LogP contribution in [-0.2, 0) is 16.1 Å². The van der Waals surface area contributed by atoms with Gasteiger partial charge >= 0.3 is 5.97 Å². The van der Waals surface area contributed by atoms with Crippen molar-refractivity contribution in [3.05, 3.63) is 111 Å².